The van der Waals surface area contributed by atoms with Crippen LogP contribution in [0.3, 0.4) is 0 Å². The third-order valence-corrected chi connectivity index (χ3v) is 6.63. The number of hydrogen-bond donors (Lipinski definition) is 1. The third kappa shape index (κ3) is 6.01. The number of nitrogens with one attached hydrogen (secondary N) is 1. The molecule has 0 radical (unpaired) electrons. The van der Waals surface area contributed by atoms with Crippen molar-refractivity contribution >= 4 is 27.7 Å². The van der Waals surface area contributed by atoms with Gasteiger partial charge in [-0.25, -0.2) is 13.1 Å². The molecule has 0 bridgehead atoms. The van der Waals surface area contributed by atoms with Crippen LogP contribution in [0, 0.1) is 11.6 Å². The highest BCUT2D eigenvalue weighted by atomic mass is 32.2. The minimum atomic E-state index is -4.12. The zero-order valence-corrected chi connectivity index (χ0v) is 19.1. The van der Waals surface area contributed by atoms with E-state index in [2.05, 4.69) is 5.32 Å². The summed E-state index contributed by atoms with van der Waals surface area (Å²) in [5.41, 5.74) is 0.641. The van der Waals surface area contributed by atoms with E-state index < -0.39 is 46.2 Å². The molecule has 0 aromatic heterocycles. The Labute approximate surface area is 186 Å². The smallest absolute Gasteiger partial charge is 0.304 e. The number of benzene rings is 2. The molecule has 0 saturated carbocycles. The first-order valence-corrected chi connectivity index (χ1v) is 11.1. The van der Waals surface area contributed by atoms with Gasteiger partial charge in [0.05, 0.1) is 5.69 Å². The molecule has 0 heterocycles. The van der Waals surface area contributed by atoms with Gasteiger partial charge in [-0.2, -0.15) is 12.7 Å². The van der Waals surface area contributed by atoms with Crippen molar-refractivity contribution in [2.75, 3.05) is 32.0 Å². The van der Waals surface area contributed by atoms with Gasteiger partial charge in [0.25, 0.3) is 0 Å². The largest absolute Gasteiger partial charge is 0.357 e. The van der Waals surface area contributed by atoms with Gasteiger partial charge in [-0.05, 0) is 48.9 Å². The van der Waals surface area contributed by atoms with E-state index in [1.807, 2.05) is 0 Å². The minimum Gasteiger partial charge on any atom is -0.357 e. The maximum atomic E-state index is 13.4. The first kappa shape index (κ1) is 25.2. The lowest BCUT2D eigenvalue weighted by Gasteiger charge is -2.32. The number of carbonyl (C=O) groups excluding carboxylic acids is 2. The number of carbonyl (C=O) groups is 2. The summed E-state index contributed by atoms with van der Waals surface area (Å²) >= 11 is 0. The number of halogens is 2. The Kier molecular flexibility index (Phi) is 8.28. The van der Waals surface area contributed by atoms with Crippen LogP contribution in [0.4, 0.5) is 14.5 Å². The quantitative estimate of drug-likeness (QED) is 0.607. The molecule has 2 amide bonds. The average Bonchev–Trinajstić information content (AvgIpc) is 2.76. The fraction of sp³-hybridized carbons (Fsp3) is 0.333. The Morgan fingerprint density at radius 3 is 1.94 bits per heavy atom. The minimum absolute atomic E-state index is 0.0486. The van der Waals surface area contributed by atoms with Crippen LogP contribution in [0.15, 0.2) is 48.5 Å². The number of likely N-dealkylation sites (N-methyl/N-ethyl adjacent to an activating group) is 1. The number of hydrogen-bond acceptors (Lipinski definition) is 4. The van der Waals surface area contributed by atoms with Gasteiger partial charge in [0.1, 0.15) is 24.2 Å². The Morgan fingerprint density at radius 1 is 0.969 bits per heavy atom. The van der Waals surface area contributed by atoms with Gasteiger partial charge in [0.15, 0.2) is 0 Å². The molecule has 0 aliphatic heterocycles. The van der Waals surface area contributed by atoms with Gasteiger partial charge < -0.3 is 10.2 Å². The maximum Gasteiger partial charge on any atom is 0.304 e. The highest BCUT2D eigenvalue weighted by molar-refractivity contribution is 7.90. The summed E-state index contributed by atoms with van der Waals surface area (Å²) in [5, 5.41) is 2.46. The molecule has 174 valence electrons. The number of amides is 2. The second-order valence-corrected chi connectivity index (χ2v) is 9.28. The predicted molar refractivity (Wildman–Crippen MR) is 117 cm³/mol. The second-order valence-electron chi connectivity index (χ2n) is 7.21. The molecule has 1 N–H and O–H groups in total. The van der Waals surface area contributed by atoms with Crippen molar-refractivity contribution in [2.45, 2.75) is 19.5 Å². The predicted octanol–water partition coefficient (Wildman–Crippen LogP) is 1.74. The molecule has 0 aliphatic rings. The zero-order chi connectivity index (χ0) is 24.1. The molecule has 0 spiro atoms. The van der Waals surface area contributed by atoms with Crippen molar-refractivity contribution in [1.29, 1.82) is 0 Å². The van der Waals surface area contributed by atoms with Crippen LogP contribution in [-0.4, -0.2) is 63.2 Å². The van der Waals surface area contributed by atoms with Gasteiger partial charge in [0.2, 0.25) is 11.8 Å². The van der Waals surface area contributed by atoms with Crippen molar-refractivity contribution in [1.82, 2.24) is 14.5 Å². The first-order valence-electron chi connectivity index (χ1n) is 9.68. The summed E-state index contributed by atoms with van der Waals surface area (Å²) in [6.45, 7) is 0.824. The summed E-state index contributed by atoms with van der Waals surface area (Å²) in [4.78, 5) is 26.7. The van der Waals surface area contributed by atoms with Crippen LogP contribution in [0.2, 0.25) is 0 Å². The summed E-state index contributed by atoms with van der Waals surface area (Å²) < 4.78 is 54.2. The van der Waals surface area contributed by atoms with E-state index in [1.165, 1.54) is 69.4 Å². The number of anilines is 1. The van der Waals surface area contributed by atoms with E-state index in [0.29, 0.717) is 5.56 Å². The lowest BCUT2D eigenvalue weighted by Crippen LogP contribution is -2.52. The van der Waals surface area contributed by atoms with Gasteiger partial charge in [-0.3, -0.25) is 9.59 Å². The maximum absolute atomic E-state index is 13.4. The van der Waals surface area contributed by atoms with Crippen LogP contribution < -0.4 is 9.62 Å². The summed E-state index contributed by atoms with van der Waals surface area (Å²) in [6.07, 6.45) is 0. The molecular weight excluding hydrogens is 442 g/mol. The fourth-order valence-electron chi connectivity index (χ4n) is 2.90. The van der Waals surface area contributed by atoms with E-state index in [4.69, 9.17) is 0 Å². The Morgan fingerprint density at radius 2 is 1.47 bits per heavy atom. The molecule has 0 aliphatic carbocycles. The van der Waals surface area contributed by atoms with Gasteiger partial charge in [0, 0.05) is 27.7 Å². The summed E-state index contributed by atoms with van der Waals surface area (Å²) in [5.74, 6) is -2.14. The molecule has 1 unspecified atom stereocenters. The van der Waals surface area contributed by atoms with Crippen LogP contribution in [0.25, 0.3) is 0 Å². The molecule has 8 nitrogen and oxygen atoms in total. The average molecular weight is 469 g/mol. The molecule has 32 heavy (non-hydrogen) atoms. The molecule has 2 aromatic rings. The highest BCUT2D eigenvalue weighted by Gasteiger charge is 2.32. The van der Waals surface area contributed by atoms with Gasteiger partial charge >= 0.3 is 10.2 Å². The van der Waals surface area contributed by atoms with E-state index in [1.54, 1.807) is 0 Å². The molecule has 0 fully saturated rings. The first-order chi connectivity index (χ1) is 15.0. The number of rotatable bonds is 9. The second kappa shape index (κ2) is 10.5. The normalized spacial score (nSPS) is 12.3. The van der Waals surface area contributed by atoms with Crippen molar-refractivity contribution in [2.24, 2.45) is 0 Å². The molecular formula is C21H26F2N4O4S. The van der Waals surface area contributed by atoms with Crippen LogP contribution in [-0.2, 0) is 26.3 Å². The lowest BCUT2D eigenvalue weighted by atomic mass is 10.1. The highest BCUT2D eigenvalue weighted by Crippen LogP contribution is 2.21. The lowest BCUT2D eigenvalue weighted by molar-refractivity contribution is -0.139. The fourth-order valence-corrected chi connectivity index (χ4v) is 3.96. The topological polar surface area (TPSA) is 90.0 Å². The molecule has 2 rings (SSSR count). The Balaban J connectivity index is 2.42. The SMILES string of the molecule is CNC(=O)C(C)N(Cc1ccc(F)cc1)C(=O)CN(c1ccc(F)cc1)S(=O)(=O)N(C)C. The number of nitrogens with zero attached hydrogens (tertiary/aromatic N) is 3. The Bertz CT molecular complexity index is 1040. The third-order valence-electron chi connectivity index (χ3n) is 4.81. The zero-order valence-electron chi connectivity index (χ0n) is 18.2. The van der Waals surface area contributed by atoms with E-state index in [0.717, 1.165) is 20.7 Å². The van der Waals surface area contributed by atoms with Crippen molar-refractivity contribution in [3.8, 4) is 0 Å². The van der Waals surface area contributed by atoms with Crippen molar-refractivity contribution < 1.29 is 26.8 Å². The molecule has 0 saturated heterocycles. The summed E-state index contributed by atoms with van der Waals surface area (Å²) in [7, 11) is -0.0889. The van der Waals surface area contributed by atoms with E-state index in [9.17, 15) is 26.8 Å². The van der Waals surface area contributed by atoms with Crippen molar-refractivity contribution in [3.63, 3.8) is 0 Å². The van der Waals surface area contributed by atoms with Gasteiger partial charge in [-0.1, -0.05) is 12.1 Å². The van der Waals surface area contributed by atoms with E-state index >= 15 is 0 Å². The monoisotopic (exact) mass is 468 g/mol. The molecule has 1 atom stereocenters. The van der Waals surface area contributed by atoms with E-state index in [-0.39, 0.29) is 12.2 Å². The molecule has 11 heteroatoms. The van der Waals surface area contributed by atoms with Crippen LogP contribution in [0.1, 0.15) is 12.5 Å². The summed E-state index contributed by atoms with van der Waals surface area (Å²) in [6, 6.07) is 9.12. The Hall–Kier alpha value is -3.05. The van der Waals surface area contributed by atoms with Crippen molar-refractivity contribution in [3.05, 3.63) is 65.7 Å². The van der Waals surface area contributed by atoms with Crippen LogP contribution >= 0.6 is 0 Å². The van der Waals surface area contributed by atoms with Gasteiger partial charge in [-0.15, -0.1) is 0 Å². The van der Waals surface area contributed by atoms with Crippen LogP contribution in [0.5, 0.6) is 0 Å². The molecule has 2 aromatic carbocycles. The standard InChI is InChI=1S/C21H26F2N4O4S/c1-15(21(29)24-2)26(13-16-5-7-17(22)8-6-16)20(28)14-27(32(30,31)25(3)4)19-11-9-18(23)10-12-19/h5-12,15H,13-14H2,1-4H3,(H,24,29).